The van der Waals surface area contributed by atoms with E-state index < -0.39 is 23.4 Å². The Morgan fingerprint density at radius 2 is 1.77 bits per heavy atom. The van der Waals surface area contributed by atoms with Crippen LogP contribution in [0.3, 0.4) is 0 Å². The summed E-state index contributed by atoms with van der Waals surface area (Å²) in [4.78, 5) is 30.2. The molecule has 0 aromatic carbocycles. The molecule has 0 fully saturated rings. The summed E-state index contributed by atoms with van der Waals surface area (Å²) in [7, 11) is 0. The summed E-state index contributed by atoms with van der Waals surface area (Å²) in [5.74, 6) is 0.668. The fourth-order valence-electron chi connectivity index (χ4n) is 1.76. The molecule has 1 heterocycles. The minimum absolute atomic E-state index is 0.0348. The summed E-state index contributed by atoms with van der Waals surface area (Å²) in [5.41, 5.74) is -1.39. The quantitative estimate of drug-likeness (QED) is 0.584. The molecule has 26 heavy (non-hydrogen) atoms. The van der Waals surface area contributed by atoms with Gasteiger partial charge in [-0.15, -0.1) is 4.99 Å². The lowest BCUT2D eigenvalue weighted by molar-refractivity contribution is 0.0370. The molecule has 2 amide bonds. The fourth-order valence-corrected chi connectivity index (χ4v) is 2.13. The van der Waals surface area contributed by atoms with E-state index in [0.29, 0.717) is 12.3 Å². The van der Waals surface area contributed by atoms with Crippen molar-refractivity contribution in [3.8, 4) is 0 Å². The first-order valence-corrected chi connectivity index (χ1v) is 9.63. The monoisotopic (exact) mass is 384 g/mol. The first kappa shape index (κ1) is 22.0. The molecule has 0 aliphatic rings. The van der Waals surface area contributed by atoms with Gasteiger partial charge < -0.3 is 9.47 Å². The summed E-state index contributed by atoms with van der Waals surface area (Å²) in [6.07, 6.45) is 3.64. The Morgan fingerprint density at radius 3 is 2.23 bits per heavy atom. The zero-order valence-corrected chi connectivity index (χ0v) is 17.3. The highest BCUT2D eigenvalue weighted by Crippen LogP contribution is 2.13. The van der Waals surface area contributed by atoms with Gasteiger partial charge in [0.1, 0.15) is 11.2 Å². The molecule has 0 unspecified atom stereocenters. The van der Waals surface area contributed by atoms with Crippen molar-refractivity contribution in [3.63, 3.8) is 0 Å². The van der Waals surface area contributed by atoms with Gasteiger partial charge in [-0.2, -0.15) is 16.9 Å². The Hall–Kier alpha value is -2.03. The number of amides is 2. The van der Waals surface area contributed by atoms with Crippen LogP contribution in [-0.2, 0) is 9.47 Å². The predicted molar refractivity (Wildman–Crippen MR) is 103 cm³/mol. The van der Waals surface area contributed by atoms with Gasteiger partial charge in [0.2, 0.25) is 5.96 Å². The van der Waals surface area contributed by atoms with Gasteiger partial charge >= 0.3 is 12.2 Å². The molecule has 0 aliphatic carbocycles. The van der Waals surface area contributed by atoms with E-state index in [2.05, 4.69) is 10.1 Å². The van der Waals surface area contributed by atoms with E-state index in [0.717, 1.165) is 0 Å². The number of carbonyl (C=O) groups excluding carboxylic acids is 2. The molecule has 0 bridgehead atoms. The highest BCUT2D eigenvalue weighted by atomic mass is 32.2. The lowest BCUT2D eigenvalue weighted by Crippen LogP contribution is -2.45. The van der Waals surface area contributed by atoms with Crippen molar-refractivity contribution in [2.75, 3.05) is 18.6 Å². The van der Waals surface area contributed by atoms with Gasteiger partial charge in [0.05, 0.1) is 0 Å². The summed E-state index contributed by atoms with van der Waals surface area (Å²) in [6, 6.07) is 1.67. The van der Waals surface area contributed by atoms with Crippen molar-refractivity contribution in [2.24, 2.45) is 4.99 Å². The Morgan fingerprint density at radius 1 is 1.15 bits per heavy atom. The van der Waals surface area contributed by atoms with E-state index in [1.165, 1.54) is 15.8 Å². The third kappa shape index (κ3) is 7.90. The Kier molecular flexibility index (Phi) is 7.68. The predicted octanol–water partition coefficient (Wildman–Crippen LogP) is 3.62. The van der Waals surface area contributed by atoms with Crippen molar-refractivity contribution >= 4 is 29.9 Å². The van der Waals surface area contributed by atoms with Crippen molar-refractivity contribution < 1.29 is 19.1 Å². The molecule has 0 N–H and O–H groups in total. The summed E-state index contributed by atoms with van der Waals surface area (Å²) in [6.45, 7) is 10.9. The molecule has 0 atom stereocenters. The van der Waals surface area contributed by atoms with Gasteiger partial charge in [0.25, 0.3) is 0 Å². The number of thioether (sulfide) groups is 1. The number of hydrogen-bond donors (Lipinski definition) is 0. The van der Waals surface area contributed by atoms with Gasteiger partial charge in [0.15, 0.2) is 0 Å². The molecule has 1 aromatic heterocycles. The van der Waals surface area contributed by atoms with Crippen molar-refractivity contribution in [3.05, 3.63) is 18.5 Å². The van der Waals surface area contributed by atoms with Crippen LogP contribution in [0.15, 0.2) is 23.5 Å². The molecule has 9 heteroatoms. The van der Waals surface area contributed by atoms with Gasteiger partial charge in [-0.1, -0.05) is 0 Å². The van der Waals surface area contributed by atoms with E-state index in [9.17, 15) is 9.59 Å². The van der Waals surface area contributed by atoms with Crippen LogP contribution in [-0.4, -0.2) is 62.6 Å². The lowest BCUT2D eigenvalue weighted by Gasteiger charge is -2.28. The largest absolute Gasteiger partial charge is 0.443 e. The fraction of sp³-hybridized carbons (Fsp3) is 0.647. The van der Waals surface area contributed by atoms with Gasteiger partial charge in [-0.3, -0.25) is 0 Å². The summed E-state index contributed by atoms with van der Waals surface area (Å²) in [5, 5.41) is 4.10. The van der Waals surface area contributed by atoms with Crippen molar-refractivity contribution in [1.29, 1.82) is 0 Å². The lowest BCUT2D eigenvalue weighted by atomic mass is 10.2. The smallest absolute Gasteiger partial charge is 0.437 e. The number of hydrogen-bond acceptors (Lipinski definition) is 6. The highest BCUT2D eigenvalue weighted by molar-refractivity contribution is 7.98. The SMILES string of the molecule is CSCCN(C(=O)OC(C)(C)C)/C(=N\C(=O)OC(C)(C)C)n1cccn1. The van der Waals surface area contributed by atoms with Crippen LogP contribution < -0.4 is 0 Å². The molecule has 0 saturated carbocycles. The van der Waals surface area contributed by atoms with Crippen molar-refractivity contribution in [2.45, 2.75) is 52.7 Å². The molecule has 0 spiro atoms. The van der Waals surface area contributed by atoms with E-state index in [1.54, 1.807) is 65.6 Å². The van der Waals surface area contributed by atoms with Gasteiger partial charge in [-0.05, 0) is 53.9 Å². The Balaban J connectivity index is 3.25. The number of aliphatic imine (C=N–C) groups is 1. The second-order valence-electron chi connectivity index (χ2n) is 7.47. The summed E-state index contributed by atoms with van der Waals surface area (Å²) >= 11 is 1.56. The first-order valence-electron chi connectivity index (χ1n) is 8.24. The number of carbonyl (C=O) groups is 2. The zero-order chi connectivity index (χ0) is 20.0. The summed E-state index contributed by atoms with van der Waals surface area (Å²) < 4.78 is 12.1. The molecule has 1 rings (SSSR count). The molecular weight excluding hydrogens is 356 g/mol. The first-order chi connectivity index (χ1) is 11.9. The van der Waals surface area contributed by atoms with E-state index >= 15 is 0 Å². The van der Waals surface area contributed by atoms with E-state index in [1.807, 2.05) is 6.26 Å². The number of aromatic nitrogens is 2. The second-order valence-corrected chi connectivity index (χ2v) is 8.45. The van der Waals surface area contributed by atoms with E-state index in [-0.39, 0.29) is 5.96 Å². The third-order valence-electron chi connectivity index (χ3n) is 2.67. The van der Waals surface area contributed by atoms with Gasteiger partial charge in [-0.25, -0.2) is 19.2 Å². The van der Waals surface area contributed by atoms with Crippen LogP contribution in [0.25, 0.3) is 0 Å². The maximum atomic E-state index is 12.7. The number of nitrogens with zero attached hydrogens (tertiary/aromatic N) is 4. The average molecular weight is 385 g/mol. The van der Waals surface area contributed by atoms with Crippen LogP contribution in [0.4, 0.5) is 9.59 Å². The standard InChI is InChI=1S/C17H28N4O4S/c1-16(2,3)24-14(22)19-13(21-10-8-9-18-21)20(11-12-26-7)15(23)25-17(4,5)6/h8-10H,11-12H2,1-7H3/b19-13+. The van der Waals surface area contributed by atoms with Crippen LogP contribution >= 0.6 is 11.8 Å². The molecule has 1 aromatic rings. The molecular formula is C17H28N4O4S. The topological polar surface area (TPSA) is 86.0 Å². The van der Waals surface area contributed by atoms with Crippen molar-refractivity contribution in [1.82, 2.24) is 14.7 Å². The number of ether oxygens (including phenoxy) is 2. The molecule has 146 valence electrons. The maximum absolute atomic E-state index is 12.7. The second kappa shape index (κ2) is 9.07. The highest BCUT2D eigenvalue weighted by Gasteiger charge is 2.28. The third-order valence-corrected chi connectivity index (χ3v) is 3.26. The normalized spacial score (nSPS) is 12.7. The molecule has 0 aliphatic heterocycles. The van der Waals surface area contributed by atoms with E-state index in [4.69, 9.17) is 9.47 Å². The maximum Gasteiger partial charge on any atom is 0.437 e. The van der Waals surface area contributed by atoms with Crippen LogP contribution in [0.5, 0.6) is 0 Å². The van der Waals surface area contributed by atoms with Crippen LogP contribution in [0.1, 0.15) is 41.5 Å². The molecule has 8 nitrogen and oxygen atoms in total. The van der Waals surface area contributed by atoms with Gasteiger partial charge in [0, 0.05) is 24.7 Å². The Bertz CT molecular complexity index is 630. The minimum Gasteiger partial charge on any atom is -0.443 e. The number of rotatable bonds is 3. The van der Waals surface area contributed by atoms with Crippen LogP contribution in [0, 0.1) is 0 Å². The average Bonchev–Trinajstić information content (AvgIpc) is 2.96. The Labute approximate surface area is 158 Å². The molecule has 0 saturated heterocycles. The molecule has 0 radical (unpaired) electrons. The zero-order valence-electron chi connectivity index (χ0n) is 16.5. The minimum atomic E-state index is -0.805. The van der Waals surface area contributed by atoms with Crippen LogP contribution in [0.2, 0.25) is 0 Å².